The van der Waals surface area contributed by atoms with Crippen LogP contribution in [-0.4, -0.2) is 38.1 Å². The Hall–Kier alpha value is -0.0800. The first-order chi connectivity index (χ1) is 9.18. The fraction of sp³-hybridized carbons (Fsp3) is 1.00. The highest BCUT2D eigenvalue weighted by atomic mass is 15.1. The quantitative estimate of drug-likeness (QED) is 0.703. The van der Waals surface area contributed by atoms with Crippen molar-refractivity contribution in [2.24, 2.45) is 11.8 Å². The molecule has 1 N–H and O–H groups in total. The van der Waals surface area contributed by atoms with Crippen LogP contribution in [0.1, 0.15) is 67.2 Å². The van der Waals surface area contributed by atoms with Crippen LogP contribution in [0, 0.1) is 11.8 Å². The number of hydrogen-bond donors (Lipinski definition) is 1. The number of nitrogens with zero attached hydrogens (tertiary/aromatic N) is 1. The van der Waals surface area contributed by atoms with Crippen molar-refractivity contribution in [3.8, 4) is 0 Å². The highest BCUT2D eigenvalue weighted by molar-refractivity contribution is 4.65. The highest BCUT2D eigenvalue weighted by Crippen LogP contribution is 2.13. The molecule has 2 heterocycles. The fourth-order valence-corrected chi connectivity index (χ4v) is 2.10. The maximum Gasteiger partial charge on any atom is -0.00192 e. The summed E-state index contributed by atoms with van der Waals surface area (Å²) in [6.07, 6.45) is 5.55. The zero-order valence-electron chi connectivity index (χ0n) is 14.8. The summed E-state index contributed by atoms with van der Waals surface area (Å²) < 4.78 is 0. The molecule has 118 valence electrons. The Kier molecular flexibility index (Phi) is 17.8. The lowest BCUT2D eigenvalue weighted by atomic mass is 10.00. The molecule has 2 rings (SSSR count). The predicted molar refractivity (Wildman–Crippen MR) is 89.9 cm³/mol. The standard InChI is InChI=1S/C7H15N.C6H13N.2C2H6/c1-7-3-5-8(2)6-4-7;1-6-2-4-7-5-3-6;2*1-2/h7H,3-6H2,1-2H3;6-7H,2-5H2,1H3;2*1-2H3. The van der Waals surface area contributed by atoms with Gasteiger partial charge in [-0.1, -0.05) is 41.5 Å². The van der Waals surface area contributed by atoms with Crippen LogP contribution in [0.15, 0.2) is 0 Å². The number of rotatable bonds is 0. The molecule has 0 radical (unpaired) electrons. The molecule has 2 fully saturated rings. The van der Waals surface area contributed by atoms with Crippen molar-refractivity contribution in [3.05, 3.63) is 0 Å². The molecule has 0 spiro atoms. The molecule has 0 bridgehead atoms. The van der Waals surface area contributed by atoms with Crippen LogP contribution in [0.25, 0.3) is 0 Å². The summed E-state index contributed by atoms with van der Waals surface area (Å²) in [5.74, 6) is 1.95. The molecule has 2 heteroatoms. The number of nitrogens with one attached hydrogen (secondary N) is 1. The average Bonchev–Trinajstić information content (AvgIpc) is 2.48. The second kappa shape index (κ2) is 16.0. The van der Waals surface area contributed by atoms with E-state index in [1.54, 1.807) is 0 Å². The predicted octanol–water partition coefficient (Wildman–Crippen LogP) is 4.41. The first-order valence-corrected chi connectivity index (χ1v) is 8.57. The van der Waals surface area contributed by atoms with E-state index in [0.29, 0.717) is 0 Å². The van der Waals surface area contributed by atoms with Crippen molar-refractivity contribution in [1.82, 2.24) is 10.2 Å². The van der Waals surface area contributed by atoms with Gasteiger partial charge in [-0.15, -0.1) is 0 Å². The molecule has 0 saturated carbocycles. The molecule has 2 aliphatic rings. The van der Waals surface area contributed by atoms with Gasteiger partial charge in [0.25, 0.3) is 0 Å². The van der Waals surface area contributed by atoms with Crippen molar-refractivity contribution in [1.29, 1.82) is 0 Å². The molecule has 0 aromatic carbocycles. The van der Waals surface area contributed by atoms with Gasteiger partial charge in [0.05, 0.1) is 0 Å². The van der Waals surface area contributed by atoms with Gasteiger partial charge in [0.1, 0.15) is 0 Å². The largest absolute Gasteiger partial charge is 0.317 e. The van der Waals surface area contributed by atoms with Crippen LogP contribution >= 0.6 is 0 Å². The first kappa shape index (κ1) is 21.2. The summed E-state index contributed by atoms with van der Waals surface area (Å²) in [7, 11) is 2.20. The maximum absolute atomic E-state index is 3.32. The van der Waals surface area contributed by atoms with E-state index in [1.807, 2.05) is 27.7 Å². The van der Waals surface area contributed by atoms with Crippen molar-refractivity contribution in [3.63, 3.8) is 0 Å². The van der Waals surface area contributed by atoms with Gasteiger partial charge in [0.15, 0.2) is 0 Å². The molecule has 0 aliphatic carbocycles. The SMILES string of the molecule is CC.CC.CC1CCN(C)CC1.CC1CCNCC1. The second-order valence-electron chi connectivity index (χ2n) is 5.42. The maximum atomic E-state index is 3.32. The van der Waals surface area contributed by atoms with Gasteiger partial charge < -0.3 is 10.2 Å². The van der Waals surface area contributed by atoms with E-state index < -0.39 is 0 Å². The van der Waals surface area contributed by atoms with Crippen LogP contribution in [-0.2, 0) is 0 Å². The lowest BCUT2D eigenvalue weighted by molar-refractivity contribution is 0.230. The van der Waals surface area contributed by atoms with E-state index in [9.17, 15) is 0 Å². The Balaban J connectivity index is 0. The van der Waals surface area contributed by atoms with Gasteiger partial charge in [-0.05, 0) is 70.7 Å². The van der Waals surface area contributed by atoms with Gasteiger partial charge in [-0.2, -0.15) is 0 Å². The van der Waals surface area contributed by atoms with Gasteiger partial charge in [0, 0.05) is 0 Å². The van der Waals surface area contributed by atoms with Crippen LogP contribution in [0.3, 0.4) is 0 Å². The first-order valence-electron chi connectivity index (χ1n) is 8.57. The van der Waals surface area contributed by atoms with E-state index in [0.717, 1.165) is 11.8 Å². The molecular weight excluding hydrogens is 232 g/mol. The second-order valence-corrected chi connectivity index (χ2v) is 5.42. The van der Waals surface area contributed by atoms with Gasteiger partial charge in [0.2, 0.25) is 0 Å². The van der Waals surface area contributed by atoms with Crippen LogP contribution in [0.5, 0.6) is 0 Å². The Morgan fingerprint density at radius 2 is 1.11 bits per heavy atom. The summed E-state index contributed by atoms with van der Waals surface area (Å²) in [4.78, 5) is 2.40. The summed E-state index contributed by atoms with van der Waals surface area (Å²) in [6, 6.07) is 0. The summed E-state index contributed by atoms with van der Waals surface area (Å²) in [5.41, 5.74) is 0. The molecule has 2 aliphatic heterocycles. The van der Waals surface area contributed by atoms with E-state index in [4.69, 9.17) is 0 Å². The number of likely N-dealkylation sites (tertiary alicyclic amines) is 1. The number of hydrogen-bond acceptors (Lipinski definition) is 2. The van der Waals surface area contributed by atoms with E-state index in [2.05, 4.69) is 31.1 Å². The Labute approximate surface area is 123 Å². The normalized spacial score (nSPS) is 21.0. The Morgan fingerprint density at radius 3 is 1.37 bits per heavy atom. The smallest absolute Gasteiger partial charge is 0.00192 e. The van der Waals surface area contributed by atoms with E-state index in [-0.39, 0.29) is 0 Å². The zero-order chi connectivity index (χ0) is 15.1. The van der Waals surface area contributed by atoms with Gasteiger partial charge in [-0.3, -0.25) is 0 Å². The van der Waals surface area contributed by atoms with Crippen LogP contribution in [0.2, 0.25) is 0 Å². The molecule has 0 aromatic rings. The van der Waals surface area contributed by atoms with Crippen LogP contribution in [0.4, 0.5) is 0 Å². The minimum Gasteiger partial charge on any atom is -0.317 e. The minimum absolute atomic E-state index is 0.973. The third kappa shape index (κ3) is 14.1. The molecule has 0 atom stereocenters. The third-order valence-corrected chi connectivity index (χ3v) is 3.64. The fourth-order valence-electron chi connectivity index (χ4n) is 2.10. The van der Waals surface area contributed by atoms with Gasteiger partial charge in [-0.25, -0.2) is 0 Å². The van der Waals surface area contributed by atoms with Crippen molar-refractivity contribution in [2.75, 3.05) is 33.2 Å². The molecule has 2 nitrogen and oxygen atoms in total. The molecule has 19 heavy (non-hydrogen) atoms. The topological polar surface area (TPSA) is 15.3 Å². The highest BCUT2D eigenvalue weighted by Gasteiger charge is 2.10. The van der Waals surface area contributed by atoms with Gasteiger partial charge >= 0.3 is 0 Å². The lowest BCUT2D eigenvalue weighted by Crippen LogP contribution is -2.28. The Bertz CT molecular complexity index is 135. The monoisotopic (exact) mass is 272 g/mol. The Morgan fingerprint density at radius 1 is 0.737 bits per heavy atom. The molecule has 2 saturated heterocycles. The van der Waals surface area contributed by atoms with Crippen molar-refractivity contribution in [2.45, 2.75) is 67.2 Å². The minimum atomic E-state index is 0.973. The van der Waals surface area contributed by atoms with E-state index >= 15 is 0 Å². The molecular formula is C17H40N2. The summed E-state index contributed by atoms with van der Waals surface area (Å²) >= 11 is 0. The van der Waals surface area contributed by atoms with Crippen molar-refractivity contribution >= 4 is 0 Å². The number of piperidine rings is 2. The summed E-state index contributed by atoms with van der Waals surface area (Å²) in [6.45, 7) is 17.7. The van der Waals surface area contributed by atoms with Crippen LogP contribution < -0.4 is 5.32 Å². The molecule has 0 unspecified atom stereocenters. The van der Waals surface area contributed by atoms with E-state index in [1.165, 1.54) is 51.9 Å². The average molecular weight is 273 g/mol. The molecule has 0 amide bonds. The summed E-state index contributed by atoms with van der Waals surface area (Å²) in [5, 5.41) is 3.32. The molecule has 0 aromatic heterocycles. The zero-order valence-corrected chi connectivity index (χ0v) is 14.8. The van der Waals surface area contributed by atoms with Crippen molar-refractivity contribution < 1.29 is 0 Å². The third-order valence-electron chi connectivity index (χ3n) is 3.64. The lowest BCUT2D eigenvalue weighted by Gasteiger charge is -2.26.